The molecule has 0 aliphatic rings. The Kier molecular flexibility index (Phi) is 4.83. The lowest BCUT2D eigenvalue weighted by molar-refractivity contribution is -0.137. The molecular formula is C12H13ClF3N3. The molecule has 0 saturated heterocycles. The number of benzene rings is 1. The molecular weight excluding hydrogens is 279 g/mol. The smallest absolute Gasteiger partial charge is 0.386 e. The average Bonchev–Trinajstić information content (AvgIpc) is 2.76. The van der Waals surface area contributed by atoms with E-state index >= 15 is 0 Å². The average molecular weight is 292 g/mol. The second-order valence-corrected chi connectivity index (χ2v) is 3.87. The van der Waals surface area contributed by atoms with E-state index in [0.29, 0.717) is 12.1 Å². The predicted octanol–water partition coefficient (Wildman–Crippen LogP) is 3.41. The zero-order valence-corrected chi connectivity index (χ0v) is 10.9. The van der Waals surface area contributed by atoms with Gasteiger partial charge in [-0.2, -0.15) is 18.3 Å². The standard InChI is InChI=1S/C12H12F3N3.ClH/c1-16-11-6-17-18(8-11)7-9-3-2-4-10(5-9)12(13,14)15;/h2-6,8,16H,7H2,1H3;1H. The van der Waals surface area contributed by atoms with Crippen LogP contribution in [0.1, 0.15) is 11.1 Å². The minimum atomic E-state index is -4.31. The number of alkyl halides is 3. The highest BCUT2D eigenvalue weighted by Crippen LogP contribution is 2.29. The second kappa shape index (κ2) is 5.97. The first-order chi connectivity index (χ1) is 8.49. The van der Waals surface area contributed by atoms with E-state index in [1.807, 2.05) is 0 Å². The summed E-state index contributed by atoms with van der Waals surface area (Å²) in [5, 5.41) is 6.95. The number of anilines is 1. The number of nitrogens with one attached hydrogen (secondary N) is 1. The molecule has 0 atom stereocenters. The summed E-state index contributed by atoms with van der Waals surface area (Å²) < 4.78 is 39.2. The van der Waals surface area contributed by atoms with Gasteiger partial charge in [0.15, 0.2) is 0 Å². The Bertz CT molecular complexity index is 537. The number of aromatic nitrogens is 2. The van der Waals surface area contributed by atoms with Gasteiger partial charge in [0.25, 0.3) is 0 Å². The lowest BCUT2D eigenvalue weighted by atomic mass is 10.1. The number of hydrogen-bond acceptors (Lipinski definition) is 2. The van der Waals surface area contributed by atoms with Crippen molar-refractivity contribution in [3.8, 4) is 0 Å². The maximum Gasteiger partial charge on any atom is 0.416 e. The molecule has 3 nitrogen and oxygen atoms in total. The van der Waals surface area contributed by atoms with Crippen molar-refractivity contribution in [2.45, 2.75) is 12.7 Å². The molecule has 104 valence electrons. The van der Waals surface area contributed by atoms with Crippen molar-refractivity contribution in [2.24, 2.45) is 0 Å². The van der Waals surface area contributed by atoms with Crippen LogP contribution in [0, 0.1) is 0 Å². The van der Waals surface area contributed by atoms with Crippen molar-refractivity contribution in [1.29, 1.82) is 0 Å². The molecule has 1 heterocycles. The molecule has 0 fully saturated rings. The Morgan fingerprint density at radius 2 is 2.05 bits per heavy atom. The SMILES string of the molecule is CNc1cnn(Cc2cccc(C(F)(F)F)c2)c1.Cl. The van der Waals surface area contributed by atoms with E-state index in [2.05, 4.69) is 10.4 Å². The fourth-order valence-electron chi connectivity index (χ4n) is 1.61. The highest BCUT2D eigenvalue weighted by atomic mass is 35.5. The summed E-state index contributed by atoms with van der Waals surface area (Å²) in [6, 6.07) is 5.25. The van der Waals surface area contributed by atoms with Crippen molar-refractivity contribution in [3.05, 3.63) is 47.8 Å². The minimum absolute atomic E-state index is 0. The summed E-state index contributed by atoms with van der Waals surface area (Å²) >= 11 is 0. The van der Waals surface area contributed by atoms with Crippen LogP contribution >= 0.6 is 12.4 Å². The van der Waals surface area contributed by atoms with Gasteiger partial charge in [-0.1, -0.05) is 12.1 Å². The van der Waals surface area contributed by atoms with Crippen molar-refractivity contribution < 1.29 is 13.2 Å². The number of hydrogen-bond donors (Lipinski definition) is 1. The fraction of sp³-hybridized carbons (Fsp3) is 0.250. The normalized spacial score (nSPS) is 10.9. The largest absolute Gasteiger partial charge is 0.416 e. The van der Waals surface area contributed by atoms with Gasteiger partial charge in [-0.3, -0.25) is 4.68 Å². The molecule has 0 bridgehead atoms. The van der Waals surface area contributed by atoms with E-state index in [0.717, 1.165) is 17.8 Å². The summed E-state index contributed by atoms with van der Waals surface area (Å²) in [5.74, 6) is 0. The molecule has 0 aliphatic carbocycles. The number of rotatable bonds is 3. The lowest BCUT2D eigenvalue weighted by Crippen LogP contribution is -2.07. The van der Waals surface area contributed by atoms with Crippen LogP contribution in [0.15, 0.2) is 36.7 Å². The molecule has 1 aromatic carbocycles. The first kappa shape index (κ1) is 15.4. The second-order valence-electron chi connectivity index (χ2n) is 3.87. The monoisotopic (exact) mass is 291 g/mol. The topological polar surface area (TPSA) is 29.9 Å². The zero-order valence-electron chi connectivity index (χ0n) is 10.1. The molecule has 2 rings (SSSR count). The number of halogens is 4. The maximum atomic E-state index is 12.5. The van der Waals surface area contributed by atoms with Gasteiger partial charge >= 0.3 is 6.18 Å². The van der Waals surface area contributed by atoms with Crippen LogP contribution in [0.25, 0.3) is 0 Å². The van der Waals surface area contributed by atoms with Crippen LogP contribution in [0.5, 0.6) is 0 Å². The summed E-state index contributed by atoms with van der Waals surface area (Å²) in [5.41, 5.74) is 0.749. The van der Waals surface area contributed by atoms with E-state index in [1.165, 1.54) is 6.07 Å². The predicted molar refractivity (Wildman–Crippen MR) is 69.6 cm³/mol. The fourth-order valence-corrected chi connectivity index (χ4v) is 1.61. The number of nitrogens with zero attached hydrogens (tertiary/aromatic N) is 2. The molecule has 0 saturated carbocycles. The third-order valence-corrected chi connectivity index (χ3v) is 2.52. The molecule has 0 aliphatic heterocycles. The maximum absolute atomic E-state index is 12.5. The molecule has 1 N–H and O–H groups in total. The van der Waals surface area contributed by atoms with Crippen molar-refractivity contribution in [1.82, 2.24) is 9.78 Å². The first-order valence-corrected chi connectivity index (χ1v) is 5.35. The van der Waals surface area contributed by atoms with Gasteiger partial charge in [-0.15, -0.1) is 12.4 Å². The Morgan fingerprint density at radius 1 is 1.32 bits per heavy atom. The van der Waals surface area contributed by atoms with Crippen LogP contribution in [0.3, 0.4) is 0 Å². The molecule has 0 unspecified atom stereocenters. The van der Waals surface area contributed by atoms with Crippen LogP contribution in [0.2, 0.25) is 0 Å². The van der Waals surface area contributed by atoms with Crippen LogP contribution in [-0.2, 0) is 12.7 Å². The van der Waals surface area contributed by atoms with Gasteiger partial charge in [0, 0.05) is 13.2 Å². The minimum Gasteiger partial charge on any atom is -0.386 e. The van der Waals surface area contributed by atoms with E-state index < -0.39 is 11.7 Å². The third kappa shape index (κ3) is 3.89. The van der Waals surface area contributed by atoms with Gasteiger partial charge in [0.2, 0.25) is 0 Å². The summed E-state index contributed by atoms with van der Waals surface area (Å²) in [4.78, 5) is 0. The molecule has 0 spiro atoms. The Labute approximate surface area is 114 Å². The van der Waals surface area contributed by atoms with E-state index in [4.69, 9.17) is 0 Å². The zero-order chi connectivity index (χ0) is 13.2. The molecule has 2 aromatic rings. The summed E-state index contributed by atoms with van der Waals surface area (Å²) in [6.45, 7) is 0.311. The molecule has 0 radical (unpaired) electrons. The van der Waals surface area contributed by atoms with E-state index in [-0.39, 0.29) is 12.4 Å². The molecule has 19 heavy (non-hydrogen) atoms. The Hall–Kier alpha value is -1.69. The van der Waals surface area contributed by atoms with Crippen molar-refractivity contribution >= 4 is 18.1 Å². The molecule has 1 aromatic heterocycles. The van der Waals surface area contributed by atoms with E-state index in [1.54, 1.807) is 30.2 Å². The molecule has 0 amide bonds. The highest BCUT2D eigenvalue weighted by Gasteiger charge is 2.30. The van der Waals surface area contributed by atoms with Crippen molar-refractivity contribution in [2.75, 3.05) is 12.4 Å². The Balaban J connectivity index is 0.00000180. The summed E-state index contributed by atoms with van der Waals surface area (Å²) in [7, 11) is 1.76. The van der Waals surface area contributed by atoms with Gasteiger partial charge in [-0.05, 0) is 17.7 Å². The van der Waals surface area contributed by atoms with Gasteiger partial charge in [-0.25, -0.2) is 0 Å². The third-order valence-electron chi connectivity index (χ3n) is 2.52. The first-order valence-electron chi connectivity index (χ1n) is 5.35. The Morgan fingerprint density at radius 3 is 2.63 bits per heavy atom. The van der Waals surface area contributed by atoms with Crippen LogP contribution in [0.4, 0.5) is 18.9 Å². The van der Waals surface area contributed by atoms with Gasteiger partial charge < -0.3 is 5.32 Å². The lowest BCUT2D eigenvalue weighted by Gasteiger charge is -2.08. The molecule has 7 heteroatoms. The quantitative estimate of drug-likeness (QED) is 0.939. The highest BCUT2D eigenvalue weighted by molar-refractivity contribution is 5.85. The van der Waals surface area contributed by atoms with Crippen molar-refractivity contribution in [3.63, 3.8) is 0 Å². The van der Waals surface area contributed by atoms with Gasteiger partial charge in [0.1, 0.15) is 0 Å². The summed E-state index contributed by atoms with van der Waals surface area (Å²) in [6.07, 6.45) is -0.954. The van der Waals surface area contributed by atoms with Crippen LogP contribution in [-0.4, -0.2) is 16.8 Å². The van der Waals surface area contributed by atoms with Crippen LogP contribution < -0.4 is 5.32 Å². The van der Waals surface area contributed by atoms with Gasteiger partial charge in [0.05, 0.1) is 24.0 Å². The van der Waals surface area contributed by atoms with E-state index in [9.17, 15) is 13.2 Å².